The van der Waals surface area contributed by atoms with Crippen molar-refractivity contribution < 1.29 is 9.47 Å². The van der Waals surface area contributed by atoms with E-state index in [4.69, 9.17) is 9.47 Å². The molecule has 0 amide bonds. The minimum Gasteiger partial charge on any atom is -0.491 e. The fraction of sp³-hybridized carbons (Fsp3) is 0.474. The standard InChI is InChI=1S/C19H29N5O2/c1-4-25-12-13-26-18-14-16(2)6-7-17(18)15-22-19(20-3)21-9-11-24-10-5-8-23-24/h5-8,10,14H,4,9,11-13,15H2,1-3H3,(H2,20,21,22). The largest absolute Gasteiger partial charge is 0.491 e. The van der Waals surface area contributed by atoms with Crippen LogP contribution in [0.15, 0.2) is 41.7 Å². The molecule has 0 unspecified atom stereocenters. The Kier molecular flexibility index (Phi) is 8.48. The van der Waals surface area contributed by atoms with Crippen molar-refractivity contribution >= 4 is 5.96 Å². The van der Waals surface area contributed by atoms with Crippen LogP contribution in [0.5, 0.6) is 5.75 Å². The van der Waals surface area contributed by atoms with Crippen molar-refractivity contribution in [2.24, 2.45) is 4.99 Å². The third-order valence-electron chi connectivity index (χ3n) is 3.77. The molecule has 0 aliphatic carbocycles. The highest BCUT2D eigenvalue weighted by atomic mass is 16.5. The molecule has 0 fully saturated rings. The maximum atomic E-state index is 5.88. The summed E-state index contributed by atoms with van der Waals surface area (Å²) in [5.41, 5.74) is 2.25. The molecule has 0 spiro atoms. The minimum absolute atomic E-state index is 0.543. The number of nitrogens with zero attached hydrogens (tertiary/aromatic N) is 3. The summed E-state index contributed by atoms with van der Waals surface area (Å²) in [7, 11) is 1.76. The molecule has 142 valence electrons. The number of hydrogen-bond donors (Lipinski definition) is 2. The van der Waals surface area contributed by atoms with Gasteiger partial charge in [0, 0.05) is 44.7 Å². The first-order chi connectivity index (χ1) is 12.7. The summed E-state index contributed by atoms with van der Waals surface area (Å²) in [5.74, 6) is 1.63. The first-order valence-corrected chi connectivity index (χ1v) is 8.95. The monoisotopic (exact) mass is 359 g/mol. The third kappa shape index (κ3) is 6.76. The summed E-state index contributed by atoms with van der Waals surface area (Å²) >= 11 is 0. The van der Waals surface area contributed by atoms with Crippen molar-refractivity contribution in [1.82, 2.24) is 20.4 Å². The Morgan fingerprint density at radius 2 is 2.15 bits per heavy atom. The first kappa shape index (κ1) is 19.8. The van der Waals surface area contributed by atoms with Crippen LogP contribution in [0.3, 0.4) is 0 Å². The van der Waals surface area contributed by atoms with E-state index in [1.165, 1.54) is 5.56 Å². The second-order valence-corrected chi connectivity index (χ2v) is 5.78. The van der Waals surface area contributed by atoms with Gasteiger partial charge in [-0.1, -0.05) is 12.1 Å². The Balaban J connectivity index is 1.83. The number of ether oxygens (including phenoxy) is 2. The maximum Gasteiger partial charge on any atom is 0.191 e. The average Bonchev–Trinajstić information content (AvgIpc) is 3.16. The molecule has 0 radical (unpaired) electrons. The summed E-state index contributed by atoms with van der Waals surface area (Å²) in [4.78, 5) is 4.26. The lowest BCUT2D eigenvalue weighted by Gasteiger charge is -2.15. The summed E-state index contributed by atoms with van der Waals surface area (Å²) in [6, 6.07) is 8.13. The molecule has 26 heavy (non-hydrogen) atoms. The van der Waals surface area contributed by atoms with E-state index in [1.807, 2.05) is 23.9 Å². The van der Waals surface area contributed by atoms with Crippen LogP contribution in [-0.4, -0.2) is 49.2 Å². The van der Waals surface area contributed by atoms with Crippen LogP contribution in [0, 0.1) is 6.92 Å². The van der Waals surface area contributed by atoms with Crippen LogP contribution in [0.4, 0.5) is 0 Å². The Labute approximate surface area is 155 Å². The number of hydrogen-bond acceptors (Lipinski definition) is 4. The van der Waals surface area contributed by atoms with Gasteiger partial charge in [-0.2, -0.15) is 5.10 Å². The van der Waals surface area contributed by atoms with Gasteiger partial charge in [-0.05, 0) is 31.5 Å². The van der Waals surface area contributed by atoms with Crippen molar-refractivity contribution in [3.63, 3.8) is 0 Å². The quantitative estimate of drug-likeness (QED) is 0.385. The number of guanidine groups is 1. The molecule has 0 aliphatic rings. The van der Waals surface area contributed by atoms with E-state index in [1.54, 1.807) is 13.2 Å². The lowest BCUT2D eigenvalue weighted by atomic mass is 10.1. The first-order valence-electron chi connectivity index (χ1n) is 8.95. The van der Waals surface area contributed by atoms with Gasteiger partial charge in [-0.15, -0.1) is 0 Å². The van der Waals surface area contributed by atoms with Crippen LogP contribution in [0.1, 0.15) is 18.1 Å². The molecular formula is C19H29N5O2. The Morgan fingerprint density at radius 3 is 2.88 bits per heavy atom. The number of aliphatic imine (C=N–C) groups is 1. The Bertz CT molecular complexity index is 671. The smallest absolute Gasteiger partial charge is 0.191 e. The highest BCUT2D eigenvalue weighted by Gasteiger charge is 2.06. The van der Waals surface area contributed by atoms with E-state index >= 15 is 0 Å². The summed E-state index contributed by atoms with van der Waals surface area (Å²) < 4.78 is 13.1. The highest BCUT2D eigenvalue weighted by molar-refractivity contribution is 5.79. The van der Waals surface area contributed by atoms with Crippen LogP contribution >= 0.6 is 0 Å². The van der Waals surface area contributed by atoms with Crippen LogP contribution in [0.25, 0.3) is 0 Å². The molecular weight excluding hydrogens is 330 g/mol. The molecule has 7 heteroatoms. The second-order valence-electron chi connectivity index (χ2n) is 5.78. The molecule has 2 rings (SSSR count). The molecule has 0 atom stereocenters. The van der Waals surface area contributed by atoms with Crippen LogP contribution < -0.4 is 15.4 Å². The van der Waals surface area contributed by atoms with Crippen LogP contribution in [-0.2, 0) is 17.8 Å². The number of aromatic nitrogens is 2. The summed E-state index contributed by atoms with van der Waals surface area (Å²) in [6.07, 6.45) is 3.72. The van der Waals surface area contributed by atoms with Crippen molar-refractivity contribution in [2.75, 3.05) is 33.4 Å². The van der Waals surface area contributed by atoms with Crippen molar-refractivity contribution in [1.29, 1.82) is 0 Å². The Morgan fingerprint density at radius 1 is 1.27 bits per heavy atom. The summed E-state index contributed by atoms with van der Waals surface area (Å²) in [6.45, 7) is 8.03. The lowest BCUT2D eigenvalue weighted by molar-refractivity contribution is 0.110. The van der Waals surface area contributed by atoms with E-state index in [2.05, 4.69) is 45.8 Å². The molecule has 0 bridgehead atoms. The van der Waals surface area contributed by atoms with Gasteiger partial charge in [-0.3, -0.25) is 9.67 Å². The van der Waals surface area contributed by atoms with E-state index in [0.29, 0.717) is 26.4 Å². The lowest BCUT2D eigenvalue weighted by Crippen LogP contribution is -2.38. The molecule has 1 heterocycles. The SMILES string of the molecule is CCOCCOc1cc(C)ccc1CNC(=NC)NCCn1cccn1. The van der Waals surface area contributed by atoms with Crippen molar-refractivity contribution in [3.8, 4) is 5.75 Å². The van der Waals surface area contributed by atoms with Crippen LogP contribution in [0.2, 0.25) is 0 Å². The molecule has 1 aromatic heterocycles. The number of benzene rings is 1. The van der Waals surface area contributed by atoms with Gasteiger partial charge in [-0.25, -0.2) is 0 Å². The van der Waals surface area contributed by atoms with Gasteiger partial charge in [0.1, 0.15) is 12.4 Å². The van der Waals surface area contributed by atoms with Gasteiger partial charge < -0.3 is 20.1 Å². The minimum atomic E-state index is 0.543. The molecule has 1 aromatic carbocycles. The van der Waals surface area contributed by atoms with E-state index in [-0.39, 0.29) is 0 Å². The fourth-order valence-electron chi connectivity index (χ4n) is 2.42. The zero-order chi connectivity index (χ0) is 18.6. The van der Waals surface area contributed by atoms with E-state index in [9.17, 15) is 0 Å². The molecule has 0 saturated carbocycles. The van der Waals surface area contributed by atoms with Gasteiger partial charge in [0.2, 0.25) is 0 Å². The molecule has 0 aliphatic heterocycles. The van der Waals surface area contributed by atoms with Gasteiger partial charge in [0.05, 0.1) is 13.2 Å². The summed E-state index contributed by atoms with van der Waals surface area (Å²) in [5, 5.41) is 10.8. The van der Waals surface area contributed by atoms with E-state index in [0.717, 1.165) is 30.4 Å². The zero-order valence-electron chi connectivity index (χ0n) is 15.9. The van der Waals surface area contributed by atoms with E-state index < -0.39 is 0 Å². The van der Waals surface area contributed by atoms with Gasteiger partial charge >= 0.3 is 0 Å². The normalized spacial score (nSPS) is 11.4. The topological polar surface area (TPSA) is 72.7 Å². The average molecular weight is 359 g/mol. The molecule has 2 aromatic rings. The molecule has 0 saturated heterocycles. The zero-order valence-corrected chi connectivity index (χ0v) is 15.9. The number of rotatable bonds is 10. The van der Waals surface area contributed by atoms with Gasteiger partial charge in [0.15, 0.2) is 5.96 Å². The predicted molar refractivity (Wildman–Crippen MR) is 104 cm³/mol. The highest BCUT2D eigenvalue weighted by Crippen LogP contribution is 2.20. The number of nitrogens with one attached hydrogen (secondary N) is 2. The fourth-order valence-corrected chi connectivity index (χ4v) is 2.42. The second kappa shape index (κ2) is 11.1. The van der Waals surface area contributed by atoms with Crippen molar-refractivity contribution in [3.05, 3.63) is 47.8 Å². The third-order valence-corrected chi connectivity index (χ3v) is 3.77. The molecule has 7 nitrogen and oxygen atoms in total. The van der Waals surface area contributed by atoms with Crippen molar-refractivity contribution in [2.45, 2.75) is 26.9 Å². The van der Waals surface area contributed by atoms with Gasteiger partial charge in [0.25, 0.3) is 0 Å². The predicted octanol–water partition coefficient (Wildman–Crippen LogP) is 1.97. The molecule has 2 N–H and O–H groups in total. The Hall–Kier alpha value is -2.54. The maximum absolute atomic E-state index is 5.88. The number of aryl methyl sites for hydroxylation is 1.